The van der Waals surface area contributed by atoms with Gasteiger partial charge in [-0.1, -0.05) is 12.1 Å². The van der Waals surface area contributed by atoms with Crippen molar-refractivity contribution in [2.45, 2.75) is 13.0 Å². The van der Waals surface area contributed by atoms with Crippen LogP contribution in [-0.2, 0) is 4.79 Å². The van der Waals surface area contributed by atoms with Crippen LogP contribution in [0.1, 0.15) is 12.7 Å². The highest BCUT2D eigenvalue weighted by Gasteiger charge is 2.15. The van der Waals surface area contributed by atoms with Gasteiger partial charge in [-0.05, 0) is 41.1 Å². The maximum atomic E-state index is 11.9. The van der Waals surface area contributed by atoms with Gasteiger partial charge in [0.25, 0.3) is 5.91 Å². The van der Waals surface area contributed by atoms with Crippen LogP contribution in [0.15, 0.2) is 50.4 Å². The van der Waals surface area contributed by atoms with Gasteiger partial charge in [-0.25, -0.2) is 5.43 Å². The minimum atomic E-state index is -0.781. The van der Waals surface area contributed by atoms with E-state index in [9.17, 15) is 14.9 Å². The summed E-state index contributed by atoms with van der Waals surface area (Å²) in [6, 6.07) is 9.69. The Balaban J connectivity index is 1.89. The van der Waals surface area contributed by atoms with Gasteiger partial charge in [0.15, 0.2) is 11.9 Å². The summed E-state index contributed by atoms with van der Waals surface area (Å²) in [5.74, 6) is -0.196. The lowest BCUT2D eigenvalue weighted by molar-refractivity contribution is -0.402. The molecule has 2 aromatic rings. The number of hydrogen-bond acceptors (Lipinski definition) is 6. The zero-order chi connectivity index (χ0) is 16.8. The number of carbonyl (C=O) groups is 1. The van der Waals surface area contributed by atoms with E-state index >= 15 is 0 Å². The van der Waals surface area contributed by atoms with Gasteiger partial charge < -0.3 is 9.15 Å². The van der Waals surface area contributed by atoms with Crippen molar-refractivity contribution in [2.24, 2.45) is 5.10 Å². The summed E-state index contributed by atoms with van der Waals surface area (Å²) in [6.07, 6.45) is 0.382. The molecular weight excluding hydrogens is 370 g/mol. The number of nitrogens with one attached hydrogen (secondary N) is 1. The van der Waals surface area contributed by atoms with Crippen molar-refractivity contribution in [3.8, 4) is 5.75 Å². The van der Waals surface area contributed by atoms with Gasteiger partial charge in [-0.15, -0.1) is 0 Å². The highest BCUT2D eigenvalue weighted by Crippen LogP contribution is 2.24. The molecule has 0 aliphatic heterocycles. The van der Waals surface area contributed by atoms with Gasteiger partial charge in [-0.3, -0.25) is 14.9 Å². The third-order valence-electron chi connectivity index (χ3n) is 2.67. The zero-order valence-electron chi connectivity index (χ0n) is 11.9. The summed E-state index contributed by atoms with van der Waals surface area (Å²) in [4.78, 5) is 21.7. The van der Waals surface area contributed by atoms with Crippen molar-refractivity contribution < 1.29 is 18.9 Å². The molecule has 1 unspecified atom stereocenters. The number of amides is 1. The van der Waals surface area contributed by atoms with Crippen LogP contribution < -0.4 is 10.2 Å². The van der Waals surface area contributed by atoms with E-state index < -0.39 is 22.8 Å². The Morgan fingerprint density at radius 1 is 1.43 bits per heavy atom. The summed E-state index contributed by atoms with van der Waals surface area (Å²) >= 11 is 3.32. The standard InChI is InChI=1S/C14H12BrN3O5/c1-9(22-12-5-3-2-4-11(12)15)14(19)17-16-8-10-6-7-13(23-10)18(20)21/h2-9H,1H3,(H,17,19). The number of benzene rings is 1. The Morgan fingerprint density at radius 3 is 2.83 bits per heavy atom. The average Bonchev–Trinajstić information content (AvgIpc) is 2.98. The topological polar surface area (TPSA) is 107 Å². The van der Waals surface area contributed by atoms with E-state index in [-0.39, 0.29) is 5.76 Å². The Bertz CT molecular complexity index is 744. The number of para-hydroxylation sites is 1. The highest BCUT2D eigenvalue weighted by atomic mass is 79.9. The SMILES string of the molecule is CC(Oc1ccccc1Br)C(=O)NN=Cc1ccc([N+](=O)[O-])o1. The van der Waals surface area contributed by atoms with Gasteiger partial charge in [0.1, 0.15) is 10.7 Å². The molecule has 0 spiro atoms. The first-order valence-corrected chi connectivity index (χ1v) is 7.25. The van der Waals surface area contributed by atoms with Gasteiger partial charge in [-0.2, -0.15) is 5.10 Å². The van der Waals surface area contributed by atoms with E-state index in [0.29, 0.717) is 5.75 Å². The van der Waals surface area contributed by atoms with Gasteiger partial charge >= 0.3 is 5.88 Å². The lowest BCUT2D eigenvalue weighted by Gasteiger charge is -2.13. The average molecular weight is 382 g/mol. The molecule has 1 aromatic carbocycles. The molecule has 1 aromatic heterocycles. The summed E-state index contributed by atoms with van der Waals surface area (Å²) in [5, 5.41) is 14.1. The number of halogens is 1. The second kappa shape index (κ2) is 7.54. The minimum absolute atomic E-state index is 0.149. The molecular formula is C14H12BrN3O5. The summed E-state index contributed by atoms with van der Waals surface area (Å²) in [6.45, 7) is 1.57. The molecule has 0 saturated heterocycles. The molecule has 2 rings (SSSR count). The van der Waals surface area contributed by atoms with E-state index in [0.717, 1.165) is 10.7 Å². The number of nitrogens with zero attached hydrogens (tertiary/aromatic N) is 2. The fourth-order valence-corrected chi connectivity index (χ4v) is 1.92. The Morgan fingerprint density at radius 2 is 2.17 bits per heavy atom. The number of ether oxygens (including phenoxy) is 1. The molecule has 0 fully saturated rings. The number of furan rings is 1. The summed E-state index contributed by atoms with van der Waals surface area (Å²) < 4.78 is 11.1. The molecule has 1 atom stereocenters. The number of carbonyl (C=O) groups excluding carboxylic acids is 1. The molecule has 1 amide bonds. The van der Waals surface area contributed by atoms with E-state index in [1.54, 1.807) is 25.1 Å². The van der Waals surface area contributed by atoms with E-state index in [1.807, 2.05) is 6.07 Å². The normalized spacial score (nSPS) is 12.1. The monoisotopic (exact) mass is 381 g/mol. The molecule has 0 radical (unpaired) electrons. The number of hydrazone groups is 1. The first-order chi connectivity index (χ1) is 11.0. The van der Waals surface area contributed by atoms with Crippen LogP contribution in [0.5, 0.6) is 5.75 Å². The number of rotatable bonds is 6. The van der Waals surface area contributed by atoms with E-state index in [2.05, 4.69) is 26.5 Å². The fraction of sp³-hybridized carbons (Fsp3) is 0.143. The zero-order valence-corrected chi connectivity index (χ0v) is 13.5. The van der Waals surface area contributed by atoms with Crippen LogP contribution in [0.25, 0.3) is 0 Å². The van der Waals surface area contributed by atoms with Crippen LogP contribution in [0.3, 0.4) is 0 Å². The van der Waals surface area contributed by atoms with Gasteiger partial charge in [0.2, 0.25) is 0 Å². The Labute approximate surface area is 139 Å². The third-order valence-corrected chi connectivity index (χ3v) is 3.32. The molecule has 1 N–H and O–H groups in total. The third kappa shape index (κ3) is 4.65. The molecule has 8 nitrogen and oxygen atoms in total. The van der Waals surface area contributed by atoms with Crippen LogP contribution in [0.4, 0.5) is 5.88 Å². The van der Waals surface area contributed by atoms with Crippen molar-refractivity contribution in [1.82, 2.24) is 5.43 Å². The van der Waals surface area contributed by atoms with Gasteiger partial charge in [0, 0.05) is 0 Å². The maximum absolute atomic E-state index is 11.9. The summed E-state index contributed by atoms with van der Waals surface area (Å²) in [5.41, 5.74) is 2.27. The van der Waals surface area contributed by atoms with Crippen molar-refractivity contribution in [2.75, 3.05) is 0 Å². The second-order valence-corrected chi connectivity index (χ2v) is 5.21. The largest absolute Gasteiger partial charge is 0.480 e. The molecule has 0 bridgehead atoms. The predicted molar refractivity (Wildman–Crippen MR) is 85.3 cm³/mol. The molecule has 120 valence electrons. The number of hydrogen-bond donors (Lipinski definition) is 1. The molecule has 1 heterocycles. The van der Waals surface area contributed by atoms with Crippen molar-refractivity contribution in [3.63, 3.8) is 0 Å². The Kier molecular flexibility index (Phi) is 5.47. The van der Waals surface area contributed by atoms with Crippen LogP contribution in [-0.4, -0.2) is 23.1 Å². The van der Waals surface area contributed by atoms with Gasteiger partial charge in [0.05, 0.1) is 16.8 Å². The number of nitro groups is 1. The Hall–Kier alpha value is -2.68. The first kappa shape index (κ1) is 16.7. The quantitative estimate of drug-likeness (QED) is 0.470. The smallest absolute Gasteiger partial charge is 0.433 e. The van der Waals surface area contributed by atoms with Crippen LogP contribution in [0.2, 0.25) is 0 Å². The fourth-order valence-electron chi connectivity index (χ4n) is 1.54. The minimum Gasteiger partial charge on any atom is -0.480 e. The molecule has 23 heavy (non-hydrogen) atoms. The van der Waals surface area contributed by atoms with E-state index in [4.69, 9.17) is 9.15 Å². The predicted octanol–water partition coefficient (Wildman–Crippen LogP) is 2.87. The second-order valence-electron chi connectivity index (χ2n) is 4.36. The molecule has 0 aliphatic carbocycles. The van der Waals surface area contributed by atoms with Crippen molar-refractivity contribution in [3.05, 3.63) is 56.7 Å². The van der Waals surface area contributed by atoms with Crippen LogP contribution in [0, 0.1) is 10.1 Å². The molecule has 0 aliphatic rings. The summed E-state index contributed by atoms with van der Waals surface area (Å²) in [7, 11) is 0. The van der Waals surface area contributed by atoms with Crippen molar-refractivity contribution in [1.29, 1.82) is 0 Å². The lowest BCUT2D eigenvalue weighted by atomic mass is 10.3. The highest BCUT2D eigenvalue weighted by molar-refractivity contribution is 9.10. The van der Waals surface area contributed by atoms with E-state index in [1.165, 1.54) is 12.1 Å². The first-order valence-electron chi connectivity index (χ1n) is 6.45. The van der Waals surface area contributed by atoms with Crippen molar-refractivity contribution >= 4 is 33.9 Å². The molecule has 9 heteroatoms. The lowest BCUT2D eigenvalue weighted by Crippen LogP contribution is -2.33. The maximum Gasteiger partial charge on any atom is 0.433 e. The van der Waals surface area contributed by atoms with Crippen LogP contribution >= 0.6 is 15.9 Å². The molecule has 0 saturated carbocycles.